The molecule has 0 spiro atoms. The van der Waals surface area contributed by atoms with Gasteiger partial charge in [0.05, 0.1) is 45.8 Å². The molecule has 6 N–H and O–H groups in total. The van der Waals surface area contributed by atoms with Gasteiger partial charge >= 0.3 is 19.8 Å². The lowest BCUT2D eigenvalue weighted by atomic mass is 10.1. The number of rotatable bonds is 43. The molecular weight excluding hydrogens is 816 g/mol. The Hall–Kier alpha value is -2.14. The molecule has 0 saturated carbocycles. The standard InChI is InChI=1S/C42H83N4O12PS/c1-4-7-10-12-14-16-18-21-24-44-41(49)57-34-37(58-42(50)45-25-22-19-17-15-13-11-8-5-2)35-60-36-38(46-39(47)23-20-9-6-3)40(48)43-26-27-54-28-29-55-30-31-56-32-33-59(51,52)53/h37-38H,4-36H2,1-3H3,(H,43,48)(H,44,49)(H,45,50)(H,46,47)(H2,51,52,53)/t37-,38-/m1/s1. The van der Waals surface area contributed by atoms with E-state index in [4.69, 9.17) is 33.5 Å². The van der Waals surface area contributed by atoms with Gasteiger partial charge in [0, 0.05) is 37.6 Å². The SMILES string of the molecule is CCCCCCCCCCNC(=O)OC[C@H](CSC[C@@H](NC(=O)CCCCC)C(=O)NCCOCCOCCOCCP(=O)(O)O)OC(=O)NCCCCCCCCCC. The van der Waals surface area contributed by atoms with Crippen LogP contribution in [0.5, 0.6) is 0 Å². The summed E-state index contributed by atoms with van der Waals surface area (Å²) in [4.78, 5) is 69.0. The van der Waals surface area contributed by atoms with Gasteiger partial charge in [-0.25, -0.2) is 9.59 Å². The second-order valence-corrected chi connectivity index (χ2v) is 17.9. The molecule has 4 amide bonds. The third-order valence-electron chi connectivity index (χ3n) is 9.34. The highest BCUT2D eigenvalue weighted by atomic mass is 32.2. The van der Waals surface area contributed by atoms with Crippen LogP contribution in [0.3, 0.4) is 0 Å². The van der Waals surface area contributed by atoms with E-state index in [1.54, 1.807) is 0 Å². The van der Waals surface area contributed by atoms with Crippen LogP contribution < -0.4 is 21.3 Å². The minimum atomic E-state index is -4.08. The zero-order valence-corrected chi connectivity index (χ0v) is 39.0. The topological polar surface area (TPSA) is 220 Å². The summed E-state index contributed by atoms with van der Waals surface area (Å²) < 4.78 is 38.0. The predicted molar refractivity (Wildman–Crippen MR) is 239 cm³/mol. The van der Waals surface area contributed by atoms with Crippen LogP contribution in [0.1, 0.15) is 149 Å². The second kappa shape index (κ2) is 42.2. The average Bonchev–Trinajstić information content (AvgIpc) is 3.21. The average molecular weight is 899 g/mol. The van der Waals surface area contributed by atoms with Crippen LogP contribution in [0.15, 0.2) is 0 Å². The number of thioether (sulfide) groups is 1. The molecule has 18 heteroatoms. The predicted octanol–water partition coefficient (Wildman–Crippen LogP) is 7.23. The molecule has 0 rings (SSSR count). The third-order valence-corrected chi connectivity index (χ3v) is 11.3. The number of carbonyl (C=O) groups excluding carboxylic acids is 4. The zero-order valence-electron chi connectivity index (χ0n) is 37.3. The molecule has 0 saturated heterocycles. The minimum absolute atomic E-state index is 0.0555. The summed E-state index contributed by atoms with van der Waals surface area (Å²) in [7, 11) is -4.08. The van der Waals surface area contributed by atoms with Crippen molar-refractivity contribution in [3.05, 3.63) is 0 Å². The van der Waals surface area contributed by atoms with Gasteiger partial charge in [0.1, 0.15) is 18.8 Å². The third kappa shape index (κ3) is 41.2. The number of hydrogen-bond donors (Lipinski definition) is 6. The number of amides is 4. The first-order valence-corrected chi connectivity index (χ1v) is 25.7. The Bertz CT molecular complexity index is 1110. The minimum Gasteiger partial charge on any atom is -0.446 e. The Morgan fingerprint density at radius 1 is 0.567 bits per heavy atom. The largest absolute Gasteiger partial charge is 0.446 e. The van der Waals surface area contributed by atoms with E-state index in [1.165, 1.54) is 76.0 Å². The molecule has 0 aromatic carbocycles. The van der Waals surface area contributed by atoms with Crippen molar-refractivity contribution in [3.63, 3.8) is 0 Å². The molecule has 0 aromatic heterocycles. The Balaban J connectivity index is 5.00. The van der Waals surface area contributed by atoms with Gasteiger partial charge in [0.15, 0.2) is 0 Å². The van der Waals surface area contributed by atoms with E-state index in [-0.39, 0.29) is 82.3 Å². The first kappa shape index (κ1) is 57.9. The van der Waals surface area contributed by atoms with E-state index in [0.29, 0.717) is 25.9 Å². The van der Waals surface area contributed by atoms with Crippen LogP contribution in [-0.2, 0) is 37.8 Å². The molecule has 60 heavy (non-hydrogen) atoms. The van der Waals surface area contributed by atoms with Gasteiger partial charge in [-0.05, 0) is 19.3 Å². The molecule has 354 valence electrons. The lowest BCUT2D eigenvalue weighted by Gasteiger charge is -2.21. The fourth-order valence-corrected chi connectivity index (χ4v) is 7.23. The number of unbranched alkanes of at least 4 members (excludes halogenated alkanes) is 16. The maximum absolute atomic E-state index is 13.2. The maximum atomic E-state index is 13.2. The number of nitrogens with one attached hydrogen (secondary N) is 4. The Morgan fingerprint density at radius 3 is 1.60 bits per heavy atom. The fourth-order valence-electron chi connectivity index (χ4n) is 5.82. The molecule has 0 radical (unpaired) electrons. The van der Waals surface area contributed by atoms with Crippen LogP contribution in [0.4, 0.5) is 9.59 Å². The van der Waals surface area contributed by atoms with Crippen molar-refractivity contribution in [2.75, 3.05) is 83.6 Å². The first-order chi connectivity index (χ1) is 29.0. The number of hydrogen-bond acceptors (Lipinski definition) is 11. The Morgan fingerprint density at radius 2 is 1.05 bits per heavy atom. The van der Waals surface area contributed by atoms with Gasteiger partial charge < -0.3 is 54.7 Å². The molecule has 0 bridgehead atoms. The van der Waals surface area contributed by atoms with Gasteiger partial charge in [-0.1, -0.05) is 124 Å². The summed E-state index contributed by atoms with van der Waals surface area (Å²) in [6.45, 7) is 8.60. The molecule has 16 nitrogen and oxygen atoms in total. The highest BCUT2D eigenvalue weighted by molar-refractivity contribution is 7.99. The highest BCUT2D eigenvalue weighted by Gasteiger charge is 2.23. The summed E-state index contributed by atoms with van der Waals surface area (Å²) in [6.07, 6.45) is 19.0. The van der Waals surface area contributed by atoms with Crippen molar-refractivity contribution in [3.8, 4) is 0 Å². The summed E-state index contributed by atoms with van der Waals surface area (Å²) in [6, 6.07) is -0.856. The van der Waals surface area contributed by atoms with Crippen molar-refractivity contribution in [1.82, 2.24) is 21.3 Å². The molecule has 0 aromatic rings. The van der Waals surface area contributed by atoms with Crippen LogP contribution in [-0.4, -0.2) is 129 Å². The quantitative estimate of drug-likeness (QED) is 0.0263. The van der Waals surface area contributed by atoms with Crippen LogP contribution in [0, 0.1) is 0 Å². The van der Waals surface area contributed by atoms with Crippen molar-refractivity contribution >= 4 is 43.4 Å². The van der Waals surface area contributed by atoms with Crippen LogP contribution in [0.25, 0.3) is 0 Å². The van der Waals surface area contributed by atoms with E-state index in [2.05, 4.69) is 35.1 Å². The Labute approximate surface area is 365 Å². The normalized spacial score (nSPS) is 12.4. The molecule has 0 fully saturated rings. The van der Waals surface area contributed by atoms with Crippen molar-refractivity contribution in [2.24, 2.45) is 0 Å². The van der Waals surface area contributed by atoms with Gasteiger partial charge in [-0.3, -0.25) is 14.2 Å². The summed E-state index contributed by atoms with van der Waals surface area (Å²) in [5.41, 5.74) is 0. The van der Waals surface area contributed by atoms with Gasteiger partial charge in [-0.2, -0.15) is 11.8 Å². The molecule has 0 heterocycles. The van der Waals surface area contributed by atoms with E-state index >= 15 is 0 Å². The molecule has 2 atom stereocenters. The monoisotopic (exact) mass is 899 g/mol. The van der Waals surface area contributed by atoms with E-state index in [9.17, 15) is 23.7 Å². The van der Waals surface area contributed by atoms with Crippen molar-refractivity contribution < 1.29 is 57.2 Å². The van der Waals surface area contributed by atoms with E-state index in [0.717, 1.165) is 51.4 Å². The lowest BCUT2D eigenvalue weighted by Crippen LogP contribution is -2.49. The number of carbonyl (C=O) groups is 4. The van der Waals surface area contributed by atoms with Crippen LogP contribution >= 0.6 is 19.4 Å². The number of alkyl carbamates (subject to hydrolysis) is 2. The number of ether oxygens (including phenoxy) is 5. The van der Waals surface area contributed by atoms with E-state index in [1.807, 2.05) is 6.92 Å². The molecule has 0 aliphatic heterocycles. The fraction of sp³-hybridized carbons (Fsp3) is 0.905. The molecule has 0 aliphatic carbocycles. The second-order valence-electron chi connectivity index (χ2n) is 15.1. The highest BCUT2D eigenvalue weighted by Crippen LogP contribution is 2.33. The zero-order chi connectivity index (χ0) is 44.4. The first-order valence-electron chi connectivity index (χ1n) is 22.8. The molecule has 0 unspecified atom stereocenters. The van der Waals surface area contributed by atoms with Gasteiger partial charge in [0.25, 0.3) is 0 Å². The maximum Gasteiger partial charge on any atom is 0.407 e. The molecule has 0 aliphatic rings. The summed E-state index contributed by atoms with van der Waals surface area (Å²) >= 11 is 1.31. The van der Waals surface area contributed by atoms with Crippen LogP contribution in [0.2, 0.25) is 0 Å². The smallest absolute Gasteiger partial charge is 0.407 e. The lowest BCUT2D eigenvalue weighted by molar-refractivity contribution is -0.128. The molecular formula is C42H83N4O12PS. The van der Waals surface area contributed by atoms with Crippen molar-refractivity contribution in [2.45, 2.75) is 161 Å². The summed E-state index contributed by atoms with van der Waals surface area (Å²) in [5, 5.41) is 11.3. The van der Waals surface area contributed by atoms with Gasteiger partial charge in [0.2, 0.25) is 11.8 Å². The van der Waals surface area contributed by atoms with Crippen molar-refractivity contribution in [1.29, 1.82) is 0 Å². The Kier molecular flexibility index (Phi) is 40.7. The summed E-state index contributed by atoms with van der Waals surface area (Å²) in [5.74, 6) is -0.187. The van der Waals surface area contributed by atoms with E-state index < -0.39 is 31.9 Å². The van der Waals surface area contributed by atoms with Gasteiger partial charge in [-0.15, -0.1) is 0 Å².